The highest BCUT2D eigenvalue weighted by molar-refractivity contribution is 7.99. The highest BCUT2D eigenvalue weighted by Gasteiger charge is 2.28. The van der Waals surface area contributed by atoms with Crippen molar-refractivity contribution in [1.29, 1.82) is 0 Å². The number of hydrogen-bond acceptors (Lipinski definition) is 4. The number of hydrogen-bond donors (Lipinski definition) is 1. The normalized spacial score (nSPS) is 14.6. The minimum Gasteiger partial charge on any atom is -0.298 e. The molecule has 3 rings (SSSR count). The zero-order valence-electron chi connectivity index (χ0n) is 10.4. The summed E-state index contributed by atoms with van der Waals surface area (Å²) in [5.41, 5.74) is 1.49. The number of benzene rings is 1. The maximum atomic E-state index is 11.7. The third kappa shape index (κ3) is 2.35. The lowest BCUT2D eigenvalue weighted by Gasteiger charge is -2.06. The van der Waals surface area contributed by atoms with E-state index < -0.39 is 0 Å². The molecule has 5 nitrogen and oxygen atoms in total. The molecule has 1 aliphatic rings. The molecule has 1 aliphatic carbocycles. The second kappa shape index (κ2) is 4.70. The smallest absolute Gasteiger partial charge is 0.298 e. The first-order valence-corrected chi connectivity index (χ1v) is 6.91. The summed E-state index contributed by atoms with van der Waals surface area (Å²) in [7, 11) is 0. The quantitative estimate of drug-likeness (QED) is 0.868. The van der Waals surface area contributed by atoms with E-state index in [9.17, 15) is 9.59 Å². The van der Waals surface area contributed by atoms with Crippen molar-refractivity contribution in [2.75, 3.05) is 0 Å². The molecule has 0 bridgehead atoms. The van der Waals surface area contributed by atoms with Crippen molar-refractivity contribution in [2.45, 2.75) is 35.9 Å². The van der Waals surface area contributed by atoms with Crippen molar-refractivity contribution in [1.82, 2.24) is 14.8 Å². The van der Waals surface area contributed by atoms with Crippen molar-refractivity contribution in [3.63, 3.8) is 0 Å². The van der Waals surface area contributed by atoms with Gasteiger partial charge in [-0.3, -0.25) is 9.36 Å². The van der Waals surface area contributed by atoms with Gasteiger partial charge in [0, 0.05) is 16.5 Å². The second-order valence-corrected chi connectivity index (χ2v) is 5.68. The number of carbonyl (C=O) groups excluding carboxylic acids is 1. The third-order valence-corrected chi connectivity index (χ3v) is 4.14. The predicted molar refractivity (Wildman–Crippen MR) is 71.8 cm³/mol. The molecule has 0 unspecified atom stereocenters. The van der Waals surface area contributed by atoms with Gasteiger partial charge in [-0.15, -0.1) is 5.10 Å². The number of nitrogens with one attached hydrogen (secondary N) is 1. The molecular formula is C13H13N3O2S. The van der Waals surface area contributed by atoms with Crippen LogP contribution in [-0.2, 0) is 0 Å². The Labute approximate surface area is 114 Å². The van der Waals surface area contributed by atoms with Crippen LogP contribution in [0.25, 0.3) is 0 Å². The molecule has 6 heteroatoms. The number of carbonyl (C=O) groups is 1. The monoisotopic (exact) mass is 275 g/mol. The standard InChI is InChI=1S/C13H13N3O2S/c1-8-2-5-11(9(6-8)7-17)19-13-15-14-12(18)16(13)10-3-4-10/h2,5-7,10H,3-4H2,1H3,(H,14,18). The minimum atomic E-state index is -0.176. The van der Waals surface area contributed by atoms with Gasteiger partial charge in [-0.1, -0.05) is 11.6 Å². The largest absolute Gasteiger partial charge is 0.344 e. The molecule has 98 valence electrons. The van der Waals surface area contributed by atoms with E-state index in [0.29, 0.717) is 10.7 Å². The van der Waals surface area contributed by atoms with Crippen LogP contribution in [0.15, 0.2) is 33.0 Å². The second-order valence-electron chi connectivity index (χ2n) is 4.67. The van der Waals surface area contributed by atoms with Gasteiger partial charge in [0.25, 0.3) is 0 Å². The number of aromatic nitrogens is 3. The van der Waals surface area contributed by atoms with E-state index in [-0.39, 0.29) is 11.7 Å². The molecule has 1 aromatic heterocycles. The molecule has 0 saturated heterocycles. The van der Waals surface area contributed by atoms with Crippen LogP contribution in [0.1, 0.15) is 34.8 Å². The Kier molecular flexibility index (Phi) is 3.02. The molecule has 0 amide bonds. The molecule has 1 heterocycles. The number of aldehydes is 1. The van der Waals surface area contributed by atoms with E-state index >= 15 is 0 Å². The van der Waals surface area contributed by atoms with Crippen LogP contribution in [0, 0.1) is 6.92 Å². The first-order chi connectivity index (χ1) is 9.19. The summed E-state index contributed by atoms with van der Waals surface area (Å²) in [6.45, 7) is 1.94. The number of rotatable bonds is 4. The molecule has 1 saturated carbocycles. The van der Waals surface area contributed by atoms with Crippen LogP contribution in [0.3, 0.4) is 0 Å². The summed E-state index contributed by atoms with van der Waals surface area (Å²) in [6, 6.07) is 5.93. The molecular weight excluding hydrogens is 262 g/mol. The van der Waals surface area contributed by atoms with Gasteiger partial charge in [0.1, 0.15) is 0 Å². The van der Waals surface area contributed by atoms with Gasteiger partial charge in [0.05, 0.1) is 0 Å². The zero-order valence-corrected chi connectivity index (χ0v) is 11.2. The van der Waals surface area contributed by atoms with E-state index in [1.165, 1.54) is 11.8 Å². The fourth-order valence-electron chi connectivity index (χ4n) is 1.97. The van der Waals surface area contributed by atoms with Gasteiger partial charge >= 0.3 is 5.69 Å². The van der Waals surface area contributed by atoms with Crippen molar-refractivity contribution in [3.8, 4) is 0 Å². The van der Waals surface area contributed by atoms with Gasteiger partial charge in [-0.25, -0.2) is 9.89 Å². The first-order valence-electron chi connectivity index (χ1n) is 6.09. The van der Waals surface area contributed by atoms with Crippen molar-refractivity contribution < 1.29 is 4.79 Å². The van der Waals surface area contributed by atoms with E-state index in [1.54, 1.807) is 4.57 Å². The Bertz CT molecular complexity index is 685. The average Bonchev–Trinajstić information content (AvgIpc) is 3.17. The molecule has 1 aromatic carbocycles. The maximum absolute atomic E-state index is 11.7. The molecule has 0 atom stereocenters. The van der Waals surface area contributed by atoms with Crippen LogP contribution in [-0.4, -0.2) is 21.1 Å². The summed E-state index contributed by atoms with van der Waals surface area (Å²) in [4.78, 5) is 23.6. The summed E-state index contributed by atoms with van der Waals surface area (Å²) in [6.07, 6.45) is 2.87. The Hall–Kier alpha value is -1.82. The summed E-state index contributed by atoms with van der Waals surface area (Å²) < 4.78 is 1.68. The Morgan fingerprint density at radius 2 is 2.26 bits per heavy atom. The SMILES string of the molecule is Cc1ccc(Sc2n[nH]c(=O)n2C2CC2)c(C=O)c1. The van der Waals surface area contributed by atoms with Crippen molar-refractivity contribution in [2.24, 2.45) is 0 Å². The van der Waals surface area contributed by atoms with Crippen LogP contribution in [0.2, 0.25) is 0 Å². The van der Waals surface area contributed by atoms with Gasteiger partial charge in [-0.05, 0) is 43.7 Å². The molecule has 1 N–H and O–H groups in total. The summed E-state index contributed by atoms with van der Waals surface area (Å²) in [5.74, 6) is 0. The van der Waals surface area contributed by atoms with Gasteiger partial charge < -0.3 is 0 Å². The first kappa shape index (κ1) is 12.2. The Morgan fingerprint density at radius 1 is 1.47 bits per heavy atom. The fraction of sp³-hybridized carbons (Fsp3) is 0.308. The highest BCUT2D eigenvalue weighted by Crippen LogP contribution is 2.38. The van der Waals surface area contributed by atoms with Crippen LogP contribution in [0.5, 0.6) is 0 Å². The van der Waals surface area contributed by atoms with E-state index in [0.717, 1.165) is 29.6 Å². The van der Waals surface area contributed by atoms with E-state index in [1.807, 2.05) is 25.1 Å². The molecule has 0 spiro atoms. The third-order valence-electron chi connectivity index (χ3n) is 3.08. The van der Waals surface area contributed by atoms with E-state index in [4.69, 9.17) is 0 Å². The Balaban J connectivity index is 1.97. The van der Waals surface area contributed by atoms with Crippen molar-refractivity contribution in [3.05, 3.63) is 39.8 Å². The Morgan fingerprint density at radius 3 is 2.95 bits per heavy atom. The van der Waals surface area contributed by atoms with Crippen LogP contribution in [0.4, 0.5) is 0 Å². The lowest BCUT2D eigenvalue weighted by molar-refractivity contribution is 0.112. The molecule has 19 heavy (non-hydrogen) atoms. The summed E-state index contributed by atoms with van der Waals surface area (Å²) in [5, 5.41) is 7.14. The molecule has 1 fully saturated rings. The van der Waals surface area contributed by atoms with Crippen LogP contribution >= 0.6 is 11.8 Å². The summed E-state index contributed by atoms with van der Waals surface area (Å²) >= 11 is 1.35. The average molecular weight is 275 g/mol. The zero-order chi connectivity index (χ0) is 13.4. The number of aromatic amines is 1. The van der Waals surface area contributed by atoms with Crippen LogP contribution < -0.4 is 5.69 Å². The fourth-order valence-corrected chi connectivity index (χ4v) is 2.95. The van der Waals surface area contributed by atoms with Gasteiger partial charge in [0.15, 0.2) is 11.4 Å². The van der Waals surface area contributed by atoms with Crippen molar-refractivity contribution >= 4 is 18.0 Å². The topological polar surface area (TPSA) is 67.8 Å². The molecule has 0 aliphatic heterocycles. The number of H-pyrrole nitrogens is 1. The molecule has 2 aromatic rings. The number of aryl methyl sites for hydroxylation is 1. The predicted octanol–water partition coefficient (Wildman–Crippen LogP) is 2.18. The lowest BCUT2D eigenvalue weighted by atomic mass is 10.2. The van der Waals surface area contributed by atoms with E-state index in [2.05, 4.69) is 10.2 Å². The lowest BCUT2D eigenvalue weighted by Crippen LogP contribution is -2.16. The highest BCUT2D eigenvalue weighted by atomic mass is 32.2. The molecule has 0 radical (unpaired) electrons. The number of nitrogens with zero attached hydrogens (tertiary/aromatic N) is 2. The van der Waals surface area contributed by atoms with Gasteiger partial charge in [-0.2, -0.15) is 0 Å². The maximum Gasteiger partial charge on any atom is 0.344 e. The minimum absolute atomic E-state index is 0.176. The van der Waals surface area contributed by atoms with Gasteiger partial charge in [0.2, 0.25) is 0 Å².